The molecule has 13 heavy (non-hydrogen) atoms. The Kier molecular flexibility index (Phi) is 3.63. The Morgan fingerprint density at radius 2 is 2.46 bits per heavy atom. The van der Waals surface area contributed by atoms with E-state index < -0.39 is 0 Å². The van der Waals surface area contributed by atoms with Gasteiger partial charge in [0.25, 0.3) is 0 Å². The first-order chi connectivity index (χ1) is 6.34. The topological polar surface area (TPSA) is 52.1 Å². The van der Waals surface area contributed by atoms with Gasteiger partial charge in [0.15, 0.2) is 0 Å². The number of aromatic nitrogens is 2. The van der Waals surface area contributed by atoms with Crippen molar-refractivity contribution in [2.75, 3.05) is 6.61 Å². The number of hydrogen-bond acceptors (Lipinski definition) is 4. The smallest absolute Gasteiger partial charge is 0.208 e. The van der Waals surface area contributed by atoms with Crippen LogP contribution in [-0.4, -0.2) is 22.4 Å². The zero-order chi connectivity index (χ0) is 9.52. The molecule has 0 fully saturated rings. The number of rotatable bonds is 4. The Labute approximate surface area is 76.3 Å². The van der Waals surface area contributed by atoms with Crippen molar-refractivity contribution in [3.63, 3.8) is 0 Å². The van der Waals surface area contributed by atoms with E-state index in [0.717, 1.165) is 0 Å². The van der Waals surface area contributed by atoms with E-state index in [-0.39, 0.29) is 5.78 Å². The zero-order valence-corrected chi connectivity index (χ0v) is 7.30. The third kappa shape index (κ3) is 3.02. The molecule has 0 N–H and O–H groups in total. The van der Waals surface area contributed by atoms with Gasteiger partial charge in [-0.1, -0.05) is 0 Å². The first kappa shape index (κ1) is 9.38. The standard InChI is InChI=1S/C9H10N2O2/c1-2-13-6-3-9(12)8-7-10-4-5-11-8/h3-7H,2H2,1H3. The lowest BCUT2D eigenvalue weighted by Gasteiger charge is -1.93. The van der Waals surface area contributed by atoms with Crippen LogP contribution in [0, 0.1) is 0 Å². The molecule has 0 amide bonds. The molecule has 68 valence electrons. The summed E-state index contributed by atoms with van der Waals surface area (Å²) in [6.07, 6.45) is 7.09. The summed E-state index contributed by atoms with van der Waals surface area (Å²) >= 11 is 0. The monoisotopic (exact) mass is 178 g/mol. The van der Waals surface area contributed by atoms with Crippen LogP contribution in [0.1, 0.15) is 17.4 Å². The molecule has 0 aliphatic carbocycles. The summed E-state index contributed by atoms with van der Waals surface area (Å²) in [4.78, 5) is 18.9. The fourth-order valence-corrected chi connectivity index (χ4v) is 0.718. The summed E-state index contributed by atoms with van der Waals surface area (Å²) in [6, 6.07) is 0. The third-order valence-corrected chi connectivity index (χ3v) is 1.30. The van der Waals surface area contributed by atoms with Crippen molar-refractivity contribution in [3.05, 3.63) is 36.6 Å². The quantitative estimate of drug-likeness (QED) is 0.395. The first-order valence-electron chi connectivity index (χ1n) is 3.93. The largest absolute Gasteiger partial charge is 0.501 e. The van der Waals surface area contributed by atoms with E-state index in [1.807, 2.05) is 6.92 Å². The number of ketones is 1. The van der Waals surface area contributed by atoms with Crippen LogP contribution in [0.15, 0.2) is 30.9 Å². The number of carbonyl (C=O) groups excluding carboxylic acids is 1. The minimum absolute atomic E-state index is 0.207. The lowest BCUT2D eigenvalue weighted by atomic mass is 10.3. The van der Waals surface area contributed by atoms with Gasteiger partial charge in [-0.3, -0.25) is 9.78 Å². The highest BCUT2D eigenvalue weighted by atomic mass is 16.5. The maximum Gasteiger partial charge on any atom is 0.208 e. The van der Waals surface area contributed by atoms with Crippen LogP contribution in [0.5, 0.6) is 0 Å². The summed E-state index contributed by atoms with van der Waals surface area (Å²) in [5, 5.41) is 0. The summed E-state index contributed by atoms with van der Waals surface area (Å²) in [5.74, 6) is -0.207. The molecule has 0 saturated heterocycles. The Morgan fingerprint density at radius 3 is 3.08 bits per heavy atom. The van der Waals surface area contributed by atoms with Crippen LogP contribution >= 0.6 is 0 Å². The second-order valence-corrected chi connectivity index (χ2v) is 2.21. The highest BCUT2D eigenvalue weighted by molar-refractivity contribution is 6.02. The molecule has 0 atom stereocenters. The molecule has 1 heterocycles. The molecule has 1 rings (SSSR count). The van der Waals surface area contributed by atoms with Crippen molar-refractivity contribution in [2.24, 2.45) is 0 Å². The molecule has 0 radical (unpaired) electrons. The number of allylic oxidation sites excluding steroid dienone is 1. The molecule has 0 aliphatic heterocycles. The lowest BCUT2D eigenvalue weighted by Crippen LogP contribution is -1.98. The molecule has 0 aromatic carbocycles. The normalized spacial score (nSPS) is 10.2. The van der Waals surface area contributed by atoms with Crippen molar-refractivity contribution in [1.29, 1.82) is 0 Å². The van der Waals surface area contributed by atoms with Gasteiger partial charge >= 0.3 is 0 Å². The van der Waals surface area contributed by atoms with Crippen LogP contribution in [0.3, 0.4) is 0 Å². The molecule has 0 unspecified atom stereocenters. The third-order valence-electron chi connectivity index (χ3n) is 1.30. The van der Waals surface area contributed by atoms with E-state index in [0.29, 0.717) is 12.3 Å². The minimum Gasteiger partial charge on any atom is -0.501 e. The maximum atomic E-state index is 11.3. The van der Waals surface area contributed by atoms with Gasteiger partial charge in [-0.05, 0) is 6.92 Å². The molecule has 4 heteroatoms. The van der Waals surface area contributed by atoms with Crippen LogP contribution in [0.25, 0.3) is 0 Å². The fraction of sp³-hybridized carbons (Fsp3) is 0.222. The SMILES string of the molecule is CCOC=CC(=O)c1cnccn1. The Hall–Kier alpha value is -1.71. The van der Waals surface area contributed by atoms with Gasteiger partial charge < -0.3 is 4.74 Å². The van der Waals surface area contributed by atoms with Gasteiger partial charge in [0.2, 0.25) is 5.78 Å². The molecule has 1 aromatic rings. The van der Waals surface area contributed by atoms with Crippen molar-refractivity contribution >= 4 is 5.78 Å². The van der Waals surface area contributed by atoms with Gasteiger partial charge in [-0.25, -0.2) is 4.98 Å². The summed E-state index contributed by atoms with van der Waals surface area (Å²) in [6.45, 7) is 2.39. The molecule has 0 spiro atoms. The van der Waals surface area contributed by atoms with Crippen molar-refractivity contribution in [2.45, 2.75) is 6.92 Å². The lowest BCUT2D eigenvalue weighted by molar-refractivity contribution is 0.103. The van der Waals surface area contributed by atoms with Gasteiger partial charge in [0.1, 0.15) is 5.69 Å². The van der Waals surface area contributed by atoms with Gasteiger partial charge in [-0.15, -0.1) is 0 Å². The van der Waals surface area contributed by atoms with E-state index in [4.69, 9.17) is 4.74 Å². The summed E-state index contributed by atoms with van der Waals surface area (Å²) < 4.78 is 4.88. The number of ether oxygens (including phenoxy) is 1. The van der Waals surface area contributed by atoms with E-state index in [2.05, 4.69) is 9.97 Å². The van der Waals surface area contributed by atoms with Crippen molar-refractivity contribution in [3.8, 4) is 0 Å². The predicted octanol–water partition coefficient (Wildman–Crippen LogP) is 1.21. The Bertz CT molecular complexity index is 296. The molecule has 0 saturated carbocycles. The van der Waals surface area contributed by atoms with Crippen molar-refractivity contribution < 1.29 is 9.53 Å². The van der Waals surface area contributed by atoms with Crippen LogP contribution in [0.2, 0.25) is 0 Å². The molecule has 0 aliphatic rings. The van der Waals surface area contributed by atoms with E-state index in [1.54, 1.807) is 0 Å². The maximum absolute atomic E-state index is 11.3. The second kappa shape index (κ2) is 5.03. The summed E-state index contributed by atoms with van der Waals surface area (Å²) in [7, 11) is 0. The molecular weight excluding hydrogens is 168 g/mol. The van der Waals surface area contributed by atoms with E-state index in [1.165, 1.54) is 30.9 Å². The van der Waals surface area contributed by atoms with Crippen LogP contribution in [-0.2, 0) is 4.74 Å². The van der Waals surface area contributed by atoms with Crippen LogP contribution < -0.4 is 0 Å². The van der Waals surface area contributed by atoms with Gasteiger partial charge in [0, 0.05) is 18.5 Å². The highest BCUT2D eigenvalue weighted by Crippen LogP contribution is 1.93. The number of nitrogens with zero attached hydrogens (tertiary/aromatic N) is 2. The van der Waals surface area contributed by atoms with Crippen LogP contribution in [0.4, 0.5) is 0 Å². The molecular formula is C9H10N2O2. The van der Waals surface area contributed by atoms with E-state index in [9.17, 15) is 4.79 Å². The summed E-state index contributed by atoms with van der Waals surface area (Å²) in [5.41, 5.74) is 0.318. The fourth-order valence-electron chi connectivity index (χ4n) is 0.718. The number of carbonyl (C=O) groups is 1. The average molecular weight is 178 g/mol. The van der Waals surface area contributed by atoms with Gasteiger partial charge in [0.05, 0.1) is 19.1 Å². The van der Waals surface area contributed by atoms with E-state index >= 15 is 0 Å². The molecule has 4 nitrogen and oxygen atoms in total. The molecule has 1 aromatic heterocycles. The van der Waals surface area contributed by atoms with Gasteiger partial charge in [-0.2, -0.15) is 0 Å². The molecule has 0 bridgehead atoms. The number of hydrogen-bond donors (Lipinski definition) is 0. The predicted molar refractivity (Wildman–Crippen MR) is 47.1 cm³/mol. The Morgan fingerprint density at radius 1 is 1.62 bits per heavy atom. The first-order valence-corrected chi connectivity index (χ1v) is 3.93. The Balaban J connectivity index is 2.59. The zero-order valence-electron chi connectivity index (χ0n) is 7.30. The minimum atomic E-state index is -0.207. The van der Waals surface area contributed by atoms with Crippen molar-refractivity contribution in [1.82, 2.24) is 9.97 Å². The highest BCUT2D eigenvalue weighted by Gasteiger charge is 2.01. The average Bonchev–Trinajstić information content (AvgIpc) is 2.19. The second-order valence-electron chi connectivity index (χ2n) is 2.21.